The van der Waals surface area contributed by atoms with E-state index in [9.17, 15) is 9.18 Å². The van der Waals surface area contributed by atoms with Crippen molar-refractivity contribution < 1.29 is 18.3 Å². The molecule has 6 heteroatoms. The van der Waals surface area contributed by atoms with Gasteiger partial charge in [0.25, 0.3) is 5.89 Å². The Labute approximate surface area is 96.2 Å². The summed E-state index contributed by atoms with van der Waals surface area (Å²) in [5, 5.41) is 7.36. The molecule has 2 rings (SSSR count). The molecule has 1 aromatic heterocycles. The Balaban J connectivity index is 2.11. The first-order valence-corrected chi connectivity index (χ1v) is 4.85. The number of aldehydes is 1. The zero-order chi connectivity index (χ0) is 12.3. The number of rotatable bonds is 4. The zero-order valence-electron chi connectivity index (χ0n) is 9.01. The number of nitrogens with zero attached hydrogens (tertiary/aromatic N) is 2. The maximum atomic E-state index is 12.8. The number of halogens is 1. The summed E-state index contributed by atoms with van der Waals surface area (Å²) >= 11 is 0. The normalized spacial score (nSPS) is 10.2. The highest BCUT2D eigenvalue weighted by Crippen LogP contribution is 2.18. The van der Waals surface area contributed by atoms with Gasteiger partial charge in [0.2, 0.25) is 5.89 Å². The number of carbonyl (C=O) groups is 1. The van der Waals surface area contributed by atoms with E-state index in [0.717, 1.165) is 6.07 Å². The number of ether oxygens (including phenoxy) is 1. The van der Waals surface area contributed by atoms with Crippen LogP contribution in [0.5, 0.6) is 5.75 Å². The molecule has 0 unspecified atom stereocenters. The van der Waals surface area contributed by atoms with Gasteiger partial charge in [0.05, 0.1) is 5.56 Å². The summed E-state index contributed by atoms with van der Waals surface area (Å²) in [5.41, 5.74) is 0.140. The molecule has 2 aromatic rings. The van der Waals surface area contributed by atoms with E-state index in [1.54, 1.807) is 6.92 Å². The molecule has 88 valence electrons. The van der Waals surface area contributed by atoms with E-state index < -0.39 is 5.82 Å². The maximum absolute atomic E-state index is 12.8. The smallest absolute Gasteiger partial charge is 0.253 e. The van der Waals surface area contributed by atoms with Gasteiger partial charge in [0, 0.05) is 6.92 Å². The predicted octanol–water partition coefficient (Wildman–Crippen LogP) is 1.91. The first kappa shape index (κ1) is 11.3. The van der Waals surface area contributed by atoms with Crippen LogP contribution in [0.15, 0.2) is 22.6 Å². The average molecular weight is 236 g/mol. The number of hydrogen-bond acceptors (Lipinski definition) is 5. The number of carbonyl (C=O) groups excluding carboxylic acids is 1. The van der Waals surface area contributed by atoms with Crippen molar-refractivity contribution in [3.63, 3.8) is 0 Å². The SMILES string of the molecule is Cc1nnc(COc2ccc(F)cc2C=O)o1. The van der Waals surface area contributed by atoms with E-state index in [0.29, 0.717) is 18.1 Å². The van der Waals surface area contributed by atoms with Crippen LogP contribution < -0.4 is 4.74 Å². The molecule has 17 heavy (non-hydrogen) atoms. The van der Waals surface area contributed by atoms with E-state index in [4.69, 9.17) is 9.15 Å². The molecule has 0 aliphatic carbocycles. The van der Waals surface area contributed by atoms with Crippen molar-refractivity contribution in [1.29, 1.82) is 0 Å². The predicted molar refractivity (Wildman–Crippen MR) is 55.2 cm³/mol. The number of aromatic nitrogens is 2. The highest BCUT2D eigenvalue weighted by Gasteiger charge is 2.07. The van der Waals surface area contributed by atoms with Gasteiger partial charge >= 0.3 is 0 Å². The van der Waals surface area contributed by atoms with Gasteiger partial charge in [-0.3, -0.25) is 4.79 Å². The molecular formula is C11H9FN2O3. The van der Waals surface area contributed by atoms with Gasteiger partial charge in [0.1, 0.15) is 11.6 Å². The quantitative estimate of drug-likeness (QED) is 0.758. The summed E-state index contributed by atoms with van der Waals surface area (Å²) in [6.45, 7) is 1.69. The van der Waals surface area contributed by atoms with Crippen molar-refractivity contribution in [2.75, 3.05) is 0 Å². The molecule has 0 saturated heterocycles. The lowest BCUT2D eigenvalue weighted by Crippen LogP contribution is -1.99. The Morgan fingerprint density at radius 3 is 2.94 bits per heavy atom. The van der Waals surface area contributed by atoms with Crippen LogP contribution in [-0.4, -0.2) is 16.5 Å². The standard InChI is InChI=1S/C11H9FN2O3/c1-7-13-14-11(17-7)6-16-10-3-2-9(12)4-8(10)5-15/h2-5H,6H2,1H3. The van der Waals surface area contributed by atoms with E-state index in [1.165, 1.54) is 12.1 Å². The second kappa shape index (κ2) is 4.73. The summed E-state index contributed by atoms with van der Waals surface area (Å²) in [6, 6.07) is 3.69. The number of aryl methyl sites for hydroxylation is 1. The van der Waals surface area contributed by atoms with Crippen molar-refractivity contribution in [2.45, 2.75) is 13.5 Å². The lowest BCUT2D eigenvalue weighted by molar-refractivity contribution is 0.111. The largest absolute Gasteiger partial charge is 0.483 e. The molecule has 0 fully saturated rings. The van der Waals surface area contributed by atoms with Crippen molar-refractivity contribution in [3.8, 4) is 5.75 Å². The molecular weight excluding hydrogens is 227 g/mol. The molecule has 0 bridgehead atoms. The minimum Gasteiger partial charge on any atom is -0.483 e. The van der Waals surface area contributed by atoms with Gasteiger partial charge in [-0.05, 0) is 18.2 Å². The van der Waals surface area contributed by atoms with Crippen LogP contribution in [0, 0.1) is 12.7 Å². The molecule has 0 saturated carbocycles. The van der Waals surface area contributed by atoms with E-state index in [-0.39, 0.29) is 17.9 Å². The zero-order valence-corrected chi connectivity index (χ0v) is 9.01. The highest BCUT2D eigenvalue weighted by atomic mass is 19.1. The molecule has 0 aliphatic rings. The molecule has 0 atom stereocenters. The minimum absolute atomic E-state index is 0.0350. The Morgan fingerprint density at radius 1 is 1.47 bits per heavy atom. The third kappa shape index (κ3) is 2.66. The summed E-state index contributed by atoms with van der Waals surface area (Å²) in [4.78, 5) is 10.7. The Kier molecular flexibility index (Phi) is 3.13. The fraction of sp³-hybridized carbons (Fsp3) is 0.182. The van der Waals surface area contributed by atoms with Crippen molar-refractivity contribution >= 4 is 6.29 Å². The second-order valence-corrected chi connectivity index (χ2v) is 3.30. The molecule has 1 aromatic carbocycles. The van der Waals surface area contributed by atoms with E-state index in [1.807, 2.05) is 0 Å². The lowest BCUT2D eigenvalue weighted by atomic mass is 10.2. The number of hydrogen-bond donors (Lipinski definition) is 0. The van der Waals surface area contributed by atoms with Gasteiger partial charge < -0.3 is 9.15 Å². The third-order valence-corrected chi connectivity index (χ3v) is 2.02. The van der Waals surface area contributed by atoms with Gasteiger partial charge in [0.15, 0.2) is 12.9 Å². The van der Waals surface area contributed by atoms with E-state index >= 15 is 0 Å². The maximum Gasteiger partial charge on any atom is 0.253 e. The van der Waals surface area contributed by atoms with Crippen LogP contribution in [0.3, 0.4) is 0 Å². The summed E-state index contributed by atoms with van der Waals surface area (Å²) in [7, 11) is 0. The highest BCUT2D eigenvalue weighted by molar-refractivity contribution is 5.79. The van der Waals surface area contributed by atoms with Crippen LogP contribution >= 0.6 is 0 Å². The Bertz CT molecular complexity index is 539. The van der Waals surface area contributed by atoms with Gasteiger partial charge in [-0.2, -0.15) is 0 Å². The molecule has 1 heterocycles. The van der Waals surface area contributed by atoms with Gasteiger partial charge in [-0.15, -0.1) is 10.2 Å². The first-order valence-electron chi connectivity index (χ1n) is 4.85. The molecule has 0 N–H and O–H groups in total. The molecule has 0 amide bonds. The fourth-order valence-electron chi connectivity index (χ4n) is 1.28. The summed E-state index contributed by atoms with van der Waals surface area (Å²) in [5.74, 6) is 0.507. The summed E-state index contributed by atoms with van der Waals surface area (Å²) in [6.07, 6.45) is 0.525. The Morgan fingerprint density at radius 2 is 2.29 bits per heavy atom. The second-order valence-electron chi connectivity index (χ2n) is 3.30. The third-order valence-electron chi connectivity index (χ3n) is 2.02. The molecule has 0 spiro atoms. The fourth-order valence-corrected chi connectivity index (χ4v) is 1.28. The van der Waals surface area contributed by atoms with Crippen LogP contribution in [0.1, 0.15) is 22.1 Å². The van der Waals surface area contributed by atoms with Crippen LogP contribution in [0.25, 0.3) is 0 Å². The topological polar surface area (TPSA) is 65.2 Å². The van der Waals surface area contributed by atoms with Crippen molar-refractivity contribution in [2.24, 2.45) is 0 Å². The average Bonchev–Trinajstić information content (AvgIpc) is 2.73. The molecule has 0 radical (unpaired) electrons. The molecule has 0 aliphatic heterocycles. The van der Waals surface area contributed by atoms with Crippen LogP contribution in [-0.2, 0) is 6.61 Å². The van der Waals surface area contributed by atoms with Crippen LogP contribution in [0.2, 0.25) is 0 Å². The molecule has 5 nitrogen and oxygen atoms in total. The monoisotopic (exact) mass is 236 g/mol. The lowest BCUT2D eigenvalue weighted by Gasteiger charge is -2.05. The minimum atomic E-state index is -0.493. The van der Waals surface area contributed by atoms with E-state index in [2.05, 4.69) is 10.2 Å². The first-order chi connectivity index (χ1) is 8.19. The van der Waals surface area contributed by atoms with Crippen molar-refractivity contribution in [3.05, 3.63) is 41.4 Å². The van der Waals surface area contributed by atoms with Crippen molar-refractivity contribution in [1.82, 2.24) is 10.2 Å². The van der Waals surface area contributed by atoms with Gasteiger partial charge in [-0.1, -0.05) is 0 Å². The van der Waals surface area contributed by atoms with Gasteiger partial charge in [-0.25, -0.2) is 4.39 Å². The summed E-state index contributed by atoms with van der Waals surface area (Å²) < 4.78 is 23.2. The van der Waals surface area contributed by atoms with Crippen LogP contribution in [0.4, 0.5) is 4.39 Å². The Hall–Kier alpha value is -2.24. The number of benzene rings is 1.